The van der Waals surface area contributed by atoms with E-state index < -0.39 is 48.1 Å². The van der Waals surface area contributed by atoms with Crippen LogP contribution in [-0.4, -0.2) is 70.3 Å². The average molecular weight is 470 g/mol. The smallest absolute Gasteiger partial charge is 0.408 e. The van der Waals surface area contributed by atoms with E-state index >= 15 is 0 Å². The van der Waals surface area contributed by atoms with Crippen LogP contribution in [0.1, 0.15) is 32.8 Å². The van der Waals surface area contributed by atoms with Gasteiger partial charge >= 0.3 is 12.1 Å². The topological polar surface area (TPSA) is 154 Å². The molecule has 1 aromatic carbocycles. The lowest BCUT2D eigenvalue weighted by Crippen LogP contribution is -2.55. The number of thioether (sulfide) groups is 1. The number of alkyl carbamates (subject to hydrolysis) is 1. The molecule has 0 saturated heterocycles. The minimum Gasteiger partial charge on any atom is -0.508 e. The Bertz CT molecular complexity index is 794. The second-order valence-electron chi connectivity index (χ2n) is 8.02. The molecule has 2 atom stereocenters. The first kappa shape index (κ1) is 27.1. The van der Waals surface area contributed by atoms with E-state index in [2.05, 4.69) is 16.0 Å². The van der Waals surface area contributed by atoms with E-state index in [0.29, 0.717) is 11.3 Å². The van der Waals surface area contributed by atoms with Gasteiger partial charge in [0, 0.05) is 6.42 Å². The van der Waals surface area contributed by atoms with Crippen LogP contribution in [0.3, 0.4) is 0 Å². The van der Waals surface area contributed by atoms with Gasteiger partial charge in [0.05, 0.1) is 0 Å². The Kier molecular flexibility index (Phi) is 10.8. The van der Waals surface area contributed by atoms with Gasteiger partial charge in [-0.15, -0.1) is 0 Å². The molecule has 0 radical (unpaired) electrons. The van der Waals surface area contributed by atoms with Crippen molar-refractivity contribution >= 4 is 35.6 Å². The highest BCUT2D eigenvalue weighted by Crippen LogP contribution is 2.13. The highest BCUT2D eigenvalue weighted by Gasteiger charge is 2.28. The third-order valence-corrected chi connectivity index (χ3v) is 4.69. The van der Waals surface area contributed by atoms with E-state index in [1.54, 1.807) is 32.9 Å². The number of aromatic hydroxyl groups is 1. The predicted octanol–water partition coefficient (Wildman–Crippen LogP) is 1.27. The minimum absolute atomic E-state index is 0.0575. The summed E-state index contributed by atoms with van der Waals surface area (Å²) in [6, 6.07) is 4.08. The maximum atomic E-state index is 13.0. The number of amides is 3. The molecule has 0 spiro atoms. The maximum Gasteiger partial charge on any atom is 0.408 e. The Hall–Kier alpha value is -2.95. The number of aliphatic carboxylic acids is 1. The SMILES string of the molecule is CSCC[C@@H](NC(=O)[C@H](Cc1ccc(O)cc1)NC(=O)OC(C)(C)C)C(=O)NCC(=O)O. The first-order chi connectivity index (χ1) is 14.9. The lowest BCUT2D eigenvalue weighted by molar-refractivity contribution is -0.138. The predicted molar refractivity (Wildman–Crippen MR) is 121 cm³/mol. The van der Waals surface area contributed by atoms with Crippen molar-refractivity contribution in [3.63, 3.8) is 0 Å². The van der Waals surface area contributed by atoms with E-state index in [4.69, 9.17) is 9.84 Å². The summed E-state index contributed by atoms with van der Waals surface area (Å²) in [6.45, 7) is 4.49. The molecular formula is C21H31N3O7S. The number of phenolic OH excluding ortho intramolecular Hbond substituents is 1. The van der Waals surface area contributed by atoms with Gasteiger partial charge in [0.1, 0.15) is 30.0 Å². The molecule has 0 aliphatic carbocycles. The summed E-state index contributed by atoms with van der Waals surface area (Å²) >= 11 is 1.47. The molecule has 0 bridgehead atoms. The Balaban J connectivity index is 3.00. The molecule has 1 rings (SSSR count). The fourth-order valence-corrected chi connectivity index (χ4v) is 3.06. The molecule has 10 nitrogen and oxygen atoms in total. The van der Waals surface area contributed by atoms with Crippen molar-refractivity contribution in [2.45, 2.75) is 51.3 Å². The Labute approximate surface area is 191 Å². The van der Waals surface area contributed by atoms with Crippen LogP contribution in [0.25, 0.3) is 0 Å². The van der Waals surface area contributed by atoms with Gasteiger partial charge in [-0.3, -0.25) is 14.4 Å². The first-order valence-corrected chi connectivity index (χ1v) is 11.4. The molecule has 0 aliphatic rings. The number of benzene rings is 1. The van der Waals surface area contributed by atoms with Crippen LogP contribution in [0, 0.1) is 0 Å². The number of carboxylic acids is 1. The molecule has 0 heterocycles. The average Bonchev–Trinajstić information content (AvgIpc) is 2.68. The van der Waals surface area contributed by atoms with Crippen molar-refractivity contribution in [3.8, 4) is 5.75 Å². The van der Waals surface area contributed by atoms with Crippen LogP contribution in [-0.2, 0) is 25.5 Å². The molecule has 0 unspecified atom stereocenters. The fraction of sp³-hybridized carbons (Fsp3) is 0.524. The number of nitrogens with one attached hydrogen (secondary N) is 3. The van der Waals surface area contributed by atoms with Crippen molar-refractivity contribution in [2.24, 2.45) is 0 Å². The van der Waals surface area contributed by atoms with E-state index in [1.165, 1.54) is 23.9 Å². The van der Waals surface area contributed by atoms with Crippen LogP contribution in [0.15, 0.2) is 24.3 Å². The van der Waals surface area contributed by atoms with Gasteiger partial charge in [-0.2, -0.15) is 11.8 Å². The number of rotatable bonds is 11. The molecule has 5 N–H and O–H groups in total. The van der Waals surface area contributed by atoms with Gasteiger partial charge in [-0.1, -0.05) is 12.1 Å². The van der Waals surface area contributed by atoms with Gasteiger partial charge in [0.2, 0.25) is 11.8 Å². The minimum atomic E-state index is -1.20. The van der Waals surface area contributed by atoms with Crippen molar-refractivity contribution in [1.29, 1.82) is 0 Å². The van der Waals surface area contributed by atoms with Gasteiger partial charge < -0.3 is 30.9 Å². The molecule has 32 heavy (non-hydrogen) atoms. The van der Waals surface area contributed by atoms with Crippen LogP contribution >= 0.6 is 11.8 Å². The highest BCUT2D eigenvalue weighted by molar-refractivity contribution is 7.98. The van der Waals surface area contributed by atoms with Crippen LogP contribution in [0.4, 0.5) is 4.79 Å². The number of carboxylic acid groups (broad SMARTS) is 1. The molecule has 0 aromatic heterocycles. The third-order valence-electron chi connectivity index (χ3n) is 4.04. The summed E-state index contributed by atoms with van der Waals surface area (Å²) in [5.41, 5.74) is -0.115. The van der Waals surface area contributed by atoms with Crippen molar-refractivity contribution in [1.82, 2.24) is 16.0 Å². The summed E-state index contributed by atoms with van der Waals surface area (Å²) in [6.07, 6.45) is 1.40. The van der Waals surface area contributed by atoms with Crippen LogP contribution in [0.2, 0.25) is 0 Å². The Morgan fingerprint density at radius 2 is 1.66 bits per heavy atom. The summed E-state index contributed by atoms with van der Waals surface area (Å²) in [5, 5.41) is 25.6. The van der Waals surface area contributed by atoms with Crippen LogP contribution < -0.4 is 16.0 Å². The summed E-state index contributed by atoms with van der Waals surface area (Å²) in [4.78, 5) is 48.4. The van der Waals surface area contributed by atoms with E-state index in [1.807, 2.05) is 6.26 Å². The third kappa shape index (κ3) is 10.9. The summed E-state index contributed by atoms with van der Waals surface area (Å²) < 4.78 is 5.24. The second-order valence-corrected chi connectivity index (χ2v) is 9.01. The van der Waals surface area contributed by atoms with Crippen molar-refractivity contribution in [3.05, 3.63) is 29.8 Å². The van der Waals surface area contributed by atoms with Crippen LogP contribution in [0.5, 0.6) is 5.75 Å². The number of carbonyl (C=O) groups is 4. The van der Waals surface area contributed by atoms with E-state index in [-0.39, 0.29) is 18.6 Å². The number of hydrogen-bond acceptors (Lipinski definition) is 7. The second kappa shape index (κ2) is 12.8. The van der Waals surface area contributed by atoms with E-state index in [9.17, 15) is 24.3 Å². The van der Waals surface area contributed by atoms with Gasteiger partial charge in [0.25, 0.3) is 0 Å². The molecule has 0 aliphatic heterocycles. The van der Waals surface area contributed by atoms with Gasteiger partial charge in [-0.05, 0) is 56.9 Å². The zero-order chi connectivity index (χ0) is 24.3. The highest BCUT2D eigenvalue weighted by atomic mass is 32.2. The molecular weight excluding hydrogens is 438 g/mol. The molecule has 0 fully saturated rings. The molecule has 178 valence electrons. The lowest BCUT2D eigenvalue weighted by atomic mass is 10.0. The van der Waals surface area contributed by atoms with Crippen molar-refractivity contribution < 1.29 is 34.1 Å². The molecule has 0 saturated carbocycles. The normalized spacial score (nSPS) is 12.9. The first-order valence-electron chi connectivity index (χ1n) is 9.97. The number of phenols is 1. The largest absolute Gasteiger partial charge is 0.508 e. The number of ether oxygens (including phenoxy) is 1. The van der Waals surface area contributed by atoms with Gasteiger partial charge in [0.15, 0.2) is 0 Å². The quantitative estimate of drug-likeness (QED) is 0.325. The fourth-order valence-electron chi connectivity index (χ4n) is 2.59. The van der Waals surface area contributed by atoms with Gasteiger partial charge in [-0.25, -0.2) is 4.79 Å². The zero-order valence-corrected chi connectivity index (χ0v) is 19.5. The monoisotopic (exact) mass is 469 g/mol. The summed E-state index contributed by atoms with van der Waals surface area (Å²) in [7, 11) is 0. The summed E-state index contributed by atoms with van der Waals surface area (Å²) in [5.74, 6) is -1.85. The number of carbonyl (C=O) groups excluding carboxylic acids is 3. The molecule has 1 aromatic rings. The number of hydrogen-bond donors (Lipinski definition) is 5. The maximum absolute atomic E-state index is 13.0. The Morgan fingerprint density at radius 3 is 2.19 bits per heavy atom. The molecule has 3 amide bonds. The standard InChI is InChI=1S/C21H31N3O7S/c1-21(2,3)31-20(30)24-16(11-13-5-7-14(25)8-6-13)19(29)23-15(9-10-32-4)18(28)22-12-17(26)27/h5-8,15-16,25H,9-12H2,1-4H3,(H,22,28)(H,23,29)(H,24,30)(H,26,27)/t15-,16+/m1/s1. The molecule has 11 heteroatoms. The van der Waals surface area contributed by atoms with Crippen molar-refractivity contribution in [2.75, 3.05) is 18.6 Å². The zero-order valence-electron chi connectivity index (χ0n) is 18.6. The lowest BCUT2D eigenvalue weighted by Gasteiger charge is -2.25. The van der Waals surface area contributed by atoms with E-state index in [0.717, 1.165) is 0 Å². The Morgan fingerprint density at radius 1 is 1.03 bits per heavy atom.